The monoisotopic (exact) mass is 509 g/mol. The average molecular weight is 510 g/mol. The average Bonchev–Trinajstić information content (AvgIpc) is 3.40. The molecule has 0 radical (unpaired) electrons. The molecule has 35 heavy (non-hydrogen) atoms. The standard InChI is InChI=1S/C22H27N3O9S/c1-9-15(14(20(29)30)22(33)34-2)25-16(21(31)32)17(9)35-12-7-13(23-8-12)18(26)24-11-5-3-4-10(6-11)19(27)28/h3-6,9,12-15,17,20,23,29-30H,7-8H2,1-2H3,(H,24,26)(H,27,28)(H,31,32)/t9-,12+,13+,14-,15-,17-/m1/s1. The van der Waals surface area contributed by atoms with Gasteiger partial charge < -0.3 is 35.8 Å². The van der Waals surface area contributed by atoms with Crippen LogP contribution in [-0.2, 0) is 19.1 Å². The second kappa shape index (κ2) is 11.2. The minimum atomic E-state index is -2.07. The number of esters is 1. The molecule has 1 aromatic carbocycles. The number of aromatic carboxylic acids is 1. The fourth-order valence-electron chi connectivity index (χ4n) is 4.30. The van der Waals surface area contributed by atoms with Crippen molar-refractivity contribution in [2.24, 2.45) is 16.8 Å². The van der Waals surface area contributed by atoms with E-state index in [0.717, 1.165) is 7.11 Å². The zero-order valence-corrected chi connectivity index (χ0v) is 19.8. The van der Waals surface area contributed by atoms with Gasteiger partial charge in [0, 0.05) is 17.5 Å². The highest BCUT2D eigenvalue weighted by Crippen LogP contribution is 2.39. The first-order chi connectivity index (χ1) is 16.5. The van der Waals surface area contributed by atoms with Gasteiger partial charge in [-0.25, -0.2) is 9.59 Å². The van der Waals surface area contributed by atoms with Gasteiger partial charge in [0.15, 0.2) is 6.29 Å². The second-order valence-electron chi connectivity index (χ2n) is 8.38. The molecule has 6 N–H and O–H groups in total. The summed E-state index contributed by atoms with van der Waals surface area (Å²) < 4.78 is 4.64. The number of carbonyl (C=O) groups excluding carboxylic acids is 2. The largest absolute Gasteiger partial charge is 0.478 e. The van der Waals surface area contributed by atoms with Crippen LogP contribution in [0.1, 0.15) is 23.7 Å². The van der Waals surface area contributed by atoms with E-state index in [9.17, 15) is 34.5 Å². The van der Waals surface area contributed by atoms with Crippen LogP contribution in [0.15, 0.2) is 29.3 Å². The van der Waals surface area contributed by atoms with Gasteiger partial charge in [-0.3, -0.25) is 14.6 Å². The van der Waals surface area contributed by atoms with Crippen LogP contribution in [0.2, 0.25) is 0 Å². The number of nitrogens with one attached hydrogen (secondary N) is 2. The lowest BCUT2D eigenvalue weighted by Crippen LogP contribution is -2.41. The van der Waals surface area contributed by atoms with Gasteiger partial charge in [-0.05, 0) is 30.5 Å². The predicted molar refractivity (Wildman–Crippen MR) is 125 cm³/mol. The third-order valence-corrected chi connectivity index (χ3v) is 7.77. The Balaban J connectivity index is 1.67. The molecule has 3 rings (SSSR count). The van der Waals surface area contributed by atoms with Crippen LogP contribution >= 0.6 is 11.8 Å². The number of benzene rings is 1. The fourth-order valence-corrected chi connectivity index (χ4v) is 5.91. The van der Waals surface area contributed by atoms with E-state index < -0.39 is 53.4 Å². The molecule has 2 aliphatic heterocycles. The van der Waals surface area contributed by atoms with E-state index in [4.69, 9.17) is 5.11 Å². The van der Waals surface area contributed by atoms with Crippen LogP contribution in [-0.4, -0.2) is 92.5 Å². The molecule has 6 atom stereocenters. The number of methoxy groups -OCH3 is 1. The number of nitrogens with zero attached hydrogens (tertiary/aromatic N) is 1. The molecular weight excluding hydrogens is 482 g/mol. The van der Waals surface area contributed by atoms with E-state index in [2.05, 4.69) is 20.4 Å². The van der Waals surface area contributed by atoms with Crippen LogP contribution in [0.4, 0.5) is 5.69 Å². The van der Waals surface area contributed by atoms with Gasteiger partial charge in [-0.15, -0.1) is 11.8 Å². The maximum absolute atomic E-state index is 12.7. The smallest absolute Gasteiger partial charge is 0.350 e. The molecule has 1 fully saturated rings. The Hall–Kier alpha value is -3.00. The molecule has 1 amide bonds. The van der Waals surface area contributed by atoms with E-state index >= 15 is 0 Å². The maximum atomic E-state index is 12.7. The fraction of sp³-hybridized carbons (Fsp3) is 0.500. The number of amides is 1. The van der Waals surface area contributed by atoms with E-state index in [1.165, 1.54) is 30.0 Å². The van der Waals surface area contributed by atoms with Gasteiger partial charge in [0.2, 0.25) is 5.91 Å². The first kappa shape index (κ1) is 26.6. The lowest BCUT2D eigenvalue weighted by atomic mass is 9.88. The van der Waals surface area contributed by atoms with Gasteiger partial charge >= 0.3 is 17.9 Å². The van der Waals surface area contributed by atoms with Crippen molar-refractivity contribution < 1.29 is 44.3 Å². The second-order valence-corrected chi connectivity index (χ2v) is 9.83. The zero-order valence-electron chi connectivity index (χ0n) is 19.0. The van der Waals surface area contributed by atoms with Crippen LogP contribution in [0.5, 0.6) is 0 Å². The third kappa shape index (κ3) is 5.99. The molecule has 0 unspecified atom stereocenters. The summed E-state index contributed by atoms with van der Waals surface area (Å²) in [7, 11) is 1.10. The number of rotatable bonds is 9. The van der Waals surface area contributed by atoms with Crippen LogP contribution in [0, 0.1) is 11.8 Å². The Morgan fingerprint density at radius 3 is 2.51 bits per heavy atom. The number of aliphatic hydroxyl groups excluding tert-OH is 1. The molecule has 0 aromatic heterocycles. The van der Waals surface area contributed by atoms with Crippen molar-refractivity contribution in [1.29, 1.82) is 0 Å². The number of ether oxygens (including phenoxy) is 1. The van der Waals surface area contributed by atoms with Crippen molar-refractivity contribution >= 4 is 47.0 Å². The van der Waals surface area contributed by atoms with Gasteiger partial charge in [0.25, 0.3) is 0 Å². The number of carboxylic acid groups (broad SMARTS) is 2. The highest BCUT2D eigenvalue weighted by atomic mass is 32.2. The van der Waals surface area contributed by atoms with E-state index in [0.29, 0.717) is 18.7 Å². The highest BCUT2D eigenvalue weighted by molar-refractivity contribution is 8.01. The van der Waals surface area contributed by atoms with Crippen molar-refractivity contribution in [3.63, 3.8) is 0 Å². The van der Waals surface area contributed by atoms with E-state index in [1.54, 1.807) is 13.0 Å². The van der Waals surface area contributed by atoms with Gasteiger partial charge in [-0.1, -0.05) is 13.0 Å². The molecule has 13 heteroatoms. The van der Waals surface area contributed by atoms with Gasteiger partial charge in [-0.2, -0.15) is 0 Å². The molecule has 0 aliphatic carbocycles. The first-order valence-electron chi connectivity index (χ1n) is 10.8. The molecule has 2 aliphatic rings. The predicted octanol–water partition coefficient (Wildman–Crippen LogP) is -0.201. The van der Waals surface area contributed by atoms with Crippen molar-refractivity contribution in [2.45, 2.75) is 42.2 Å². The number of carboxylic acids is 2. The normalized spacial score (nSPS) is 26.8. The Labute approximate surface area is 204 Å². The molecule has 1 saturated heterocycles. The molecule has 190 valence electrons. The van der Waals surface area contributed by atoms with E-state index in [-0.39, 0.29) is 22.4 Å². The number of anilines is 1. The number of aliphatic imine (C=N–C) groups is 1. The molecular formula is C22H27N3O9S. The molecule has 0 bridgehead atoms. The third-order valence-electron chi connectivity index (χ3n) is 6.08. The quantitative estimate of drug-likeness (QED) is 0.191. The Kier molecular flexibility index (Phi) is 8.48. The zero-order chi connectivity index (χ0) is 25.9. The highest BCUT2D eigenvalue weighted by Gasteiger charge is 2.49. The molecule has 0 spiro atoms. The van der Waals surface area contributed by atoms with Crippen molar-refractivity contribution in [3.8, 4) is 0 Å². The summed E-state index contributed by atoms with van der Waals surface area (Å²) in [6.45, 7) is 2.09. The van der Waals surface area contributed by atoms with E-state index in [1.807, 2.05) is 0 Å². The Morgan fingerprint density at radius 1 is 1.20 bits per heavy atom. The van der Waals surface area contributed by atoms with Gasteiger partial charge in [0.1, 0.15) is 11.6 Å². The van der Waals surface area contributed by atoms with Crippen molar-refractivity contribution in [1.82, 2.24) is 5.32 Å². The summed E-state index contributed by atoms with van der Waals surface area (Å²) in [4.78, 5) is 51.9. The van der Waals surface area contributed by atoms with Crippen LogP contribution in [0.25, 0.3) is 0 Å². The number of thioether (sulfide) groups is 1. The number of hydrogen-bond acceptors (Lipinski definition) is 10. The maximum Gasteiger partial charge on any atom is 0.350 e. The summed E-state index contributed by atoms with van der Waals surface area (Å²) in [6.07, 6.45) is -1.70. The van der Waals surface area contributed by atoms with Crippen LogP contribution in [0.3, 0.4) is 0 Å². The lowest BCUT2D eigenvalue weighted by molar-refractivity contribution is -0.165. The summed E-state index contributed by atoms with van der Waals surface area (Å²) >= 11 is 1.30. The molecule has 1 aromatic rings. The minimum absolute atomic E-state index is 0.0409. The first-order valence-corrected chi connectivity index (χ1v) is 11.8. The van der Waals surface area contributed by atoms with Gasteiger partial charge in [0.05, 0.1) is 30.0 Å². The van der Waals surface area contributed by atoms with Crippen LogP contribution < -0.4 is 10.6 Å². The SMILES string of the molecule is COC(=O)[C@@H](C(O)O)[C@@H]1N=C(C(=O)O)[C@H](S[C@@H]2CN[C@H](C(=O)Nc3cccc(C(=O)O)c3)C2)[C@@H]1C. The number of carbonyl (C=O) groups is 4. The van der Waals surface area contributed by atoms with Crippen molar-refractivity contribution in [3.05, 3.63) is 29.8 Å². The number of hydrogen-bond donors (Lipinski definition) is 6. The summed E-state index contributed by atoms with van der Waals surface area (Å²) in [5, 5.41) is 43.1. The topological polar surface area (TPSA) is 195 Å². The number of aliphatic hydroxyl groups is 2. The summed E-state index contributed by atoms with van der Waals surface area (Å²) in [5.74, 6) is -5.59. The molecule has 0 saturated carbocycles. The summed E-state index contributed by atoms with van der Waals surface area (Å²) in [6, 6.07) is 4.28. The lowest BCUT2D eigenvalue weighted by Gasteiger charge is -2.27. The Morgan fingerprint density at radius 2 is 1.91 bits per heavy atom. The van der Waals surface area contributed by atoms with Crippen molar-refractivity contribution in [2.75, 3.05) is 19.0 Å². The molecule has 12 nitrogen and oxygen atoms in total. The summed E-state index contributed by atoms with van der Waals surface area (Å²) in [5.41, 5.74) is 0.205. The minimum Gasteiger partial charge on any atom is -0.478 e. The molecule has 2 heterocycles. The number of aliphatic carboxylic acids is 1. The Bertz CT molecular complexity index is 1030.